The molecule has 3 rings (SSSR count). The van der Waals surface area contributed by atoms with Crippen LogP contribution in [0.4, 0.5) is 8.78 Å². The second-order valence-electron chi connectivity index (χ2n) is 6.16. The van der Waals surface area contributed by atoms with Gasteiger partial charge in [0.15, 0.2) is 17.5 Å². The summed E-state index contributed by atoms with van der Waals surface area (Å²) in [5.74, 6) is -1.92. The molecule has 0 amide bonds. The van der Waals surface area contributed by atoms with Crippen LogP contribution in [0.15, 0.2) is 35.2 Å². The van der Waals surface area contributed by atoms with E-state index in [1.54, 1.807) is 26.0 Å². The molecule has 1 aromatic heterocycles. The molecule has 0 aliphatic rings. The van der Waals surface area contributed by atoms with Gasteiger partial charge in [0.2, 0.25) is 10.0 Å². The number of halogens is 2. The Morgan fingerprint density at radius 2 is 1.70 bits per heavy atom. The summed E-state index contributed by atoms with van der Waals surface area (Å²) in [6.07, 6.45) is 0. The predicted molar refractivity (Wildman–Crippen MR) is 93.7 cm³/mol. The summed E-state index contributed by atoms with van der Waals surface area (Å²) in [5, 5.41) is 11.0. The molecule has 0 unspecified atom stereocenters. The summed E-state index contributed by atoms with van der Waals surface area (Å²) < 4.78 is 55.6. The Hall–Kier alpha value is -2.72. The molecule has 0 saturated carbocycles. The van der Waals surface area contributed by atoms with Gasteiger partial charge < -0.3 is 0 Å². The summed E-state index contributed by atoms with van der Waals surface area (Å²) in [6.45, 7) is 5.11. The molecular weight excluding hydrogens is 376 g/mol. The van der Waals surface area contributed by atoms with Crippen LogP contribution in [0.5, 0.6) is 0 Å². The highest BCUT2D eigenvalue weighted by atomic mass is 32.2. The number of aryl methyl sites for hydroxylation is 3. The van der Waals surface area contributed by atoms with E-state index in [2.05, 4.69) is 20.2 Å². The van der Waals surface area contributed by atoms with Gasteiger partial charge in [0.1, 0.15) is 0 Å². The van der Waals surface area contributed by atoms with E-state index in [0.717, 1.165) is 22.4 Å². The van der Waals surface area contributed by atoms with Gasteiger partial charge in [-0.3, -0.25) is 0 Å². The SMILES string of the molecule is Cc1cc(C)c(S(=O)(=O)NCc2nnnn2-c2ccc(F)c(F)c2)c(C)c1. The van der Waals surface area contributed by atoms with E-state index < -0.39 is 21.7 Å². The normalized spacial score (nSPS) is 11.7. The van der Waals surface area contributed by atoms with Crippen molar-refractivity contribution < 1.29 is 17.2 Å². The van der Waals surface area contributed by atoms with E-state index in [1.807, 2.05) is 6.92 Å². The Bertz CT molecular complexity index is 1090. The lowest BCUT2D eigenvalue weighted by molar-refractivity contribution is 0.507. The third kappa shape index (κ3) is 3.86. The van der Waals surface area contributed by atoms with Gasteiger partial charge in [0, 0.05) is 6.07 Å². The summed E-state index contributed by atoms with van der Waals surface area (Å²) in [5.41, 5.74) is 2.39. The van der Waals surface area contributed by atoms with Gasteiger partial charge in [-0.15, -0.1) is 5.10 Å². The van der Waals surface area contributed by atoms with Gasteiger partial charge in [0.25, 0.3) is 0 Å². The quantitative estimate of drug-likeness (QED) is 0.719. The molecule has 0 fully saturated rings. The van der Waals surface area contributed by atoms with Crippen molar-refractivity contribution in [1.29, 1.82) is 0 Å². The molecule has 27 heavy (non-hydrogen) atoms. The van der Waals surface area contributed by atoms with Crippen LogP contribution in [-0.4, -0.2) is 28.6 Å². The van der Waals surface area contributed by atoms with E-state index in [9.17, 15) is 17.2 Å². The molecule has 0 saturated heterocycles. The minimum absolute atomic E-state index is 0.131. The zero-order chi connectivity index (χ0) is 19.8. The molecule has 0 bridgehead atoms. The average Bonchev–Trinajstić information content (AvgIpc) is 3.03. The molecule has 3 aromatic rings. The topological polar surface area (TPSA) is 89.8 Å². The first-order chi connectivity index (χ1) is 12.7. The van der Waals surface area contributed by atoms with E-state index in [1.165, 1.54) is 6.07 Å². The van der Waals surface area contributed by atoms with Crippen molar-refractivity contribution in [2.75, 3.05) is 0 Å². The van der Waals surface area contributed by atoms with Crippen molar-refractivity contribution in [3.63, 3.8) is 0 Å². The van der Waals surface area contributed by atoms with Gasteiger partial charge >= 0.3 is 0 Å². The predicted octanol–water partition coefficient (Wildman–Crippen LogP) is 2.34. The van der Waals surface area contributed by atoms with Crippen LogP contribution >= 0.6 is 0 Å². The smallest absolute Gasteiger partial charge is 0.207 e. The number of rotatable bonds is 5. The van der Waals surface area contributed by atoms with Gasteiger partial charge in [-0.2, -0.15) is 4.68 Å². The summed E-state index contributed by atoms with van der Waals surface area (Å²) in [7, 11) is -3.82. The van der Waals surface area contributed by atoms with Gasteiger partial charge in [-0.1, -0.05) is 17.7 Å². The molecule has 1 heterocycles. The fourth-order valence-corrected chi connectivity index (χ4v) is 4.38. The summed E-state index contributed by atoms with van der Waals surface area (Å²) in [4.78, 5) is 0.194. The van der Waals surface area contributed by atoms with Gasteiger partial charge in [0.05, 0.1) is 17.1 Å². The Labute approximate surface area is 155 Å². The summed E-state index contributed by atoms with van der Waals surface area (Å²) in [6, 6.07) is 6.73. The highest BCUT2D eigenvalue weighted by Crippen LogP contribution is 2.22. The first-order valence-electron chi connectivity index (χ1n) is 7.99. The minimum atomic E-state index is -3.82. The lowest BCUT2D eigenvalue weighted by Gasteiger charge is -2.13. The number of tetrazole rings is 1. The number of hydrogen-bond donors (Lipinski definition) is 1. The maximum absolute atomic E-state index is 13.5. The van der Waals surface area contributed by atoms with Gasteiger partial charge in [-0.05, 0) is 54.5 Å². The van der Waals surface area contributed by atoms with E-state index in [-0.39, 0.29) is 23.0 Å². The zero-order valence-corrected chi connectivity index (χ0v) is 15.7. The molecule has 0 aliphatic heterocycles. The molecule has 7 nitrogen and oxygen atoms in total. The first kappa shape index (κ1) is 19.1. The second kappa shape index (κ2) is 7.12. The van der Waals surface area contributed by atoms with Crippen molar-refractivity contribution in [1.82, 2.24) is 24.9 Å². The third-order valence-corrected chi connectivity index (χ3v) is 5.68. The Morgan fingerprint density at radius 1 is 1.04 bits per heavy atom. The van der Waals surface area contributed by atoms with Crippen LogP contribution in [0, 0.1) is 32.4 Å². The second-order valence-corrected chi connectivity index (χ2v) is 7.86. The number of benzene rings is 2. The molecule has 2 aromatic carbocycles. The number of nitrogens with one attached hydrogen (secondary N) is 1. The molecular formula is C17H17F2N5O2S. The zero-order valence-electron chi connectivity index (χ0n) is 14.9. The molecule has 0 spiro atoms. The highest BCUT2D eigenvalue weighted by Gasteiger charge is 2.21. The maximum Gasteiger partial charge on any atom is 0.241 e. The lowest BCUT2D eigenvalue weighted by Crippen LogP contribution is -2.26. The molecule has 0 radical (unpaired) electrons. The fraction of sp³-hybridized carbons (Fsp3) is 0.235. The van der Waals surface area contributed by atoms with Gasteiger partial charge in [-0.25, -0.2) is 21.9 Å². The highest BCUT2D eigenvalue weighted by molar-refractivity contribution is 7.89. The molecule has 10 heteroatoms. The van der Waals surface area contributed by atoms with Crippen molar-refractivity contribution in [2.24, 2.45) is 0 Å². The van der Waals surface area contributed by atoms with E-state index >= 15 is 0 Å². The van der Waals surface area contributed by atoms with Crippen LogP contribution in [0.2, 0.25) is 0 Å². The number of sulfonamides is 1. The number of hydrogen-bond acceptors (Lipinski definition) is 5. The van der Waals surface area contributed by atoms with Crippen LogP contribution in [0.3, 0.4) is 0 Å². The molecule has 0 atom stereocenters. The Kier molecular flexibility index (Phi) is 5.03. The van der Waals surface area contributed by atoms with Crippen LogP contribution < -0.4 is 4.72 Å². The van der Waals surface area contributed by atoms with E-state index in [0.29, 0.717) is 11.1 Å². The lowest BCUT2D eigenvalue weighted by atomic mass is 10.1. The largest absolute Gasteiger partial charge is 0.241 e. The minimum Gasteiger partial charge on any atom is -0.207 e. The number of nitrogens with zero attached hydrogens (tertiary/aromatic N) is 4. The molecule has 1 N–H and O–H groups in total. The first-order valence-corrected chi connectivity index (χ1v) is 9.47. The van der Waals surface area contributed by atoms with Crippen LogP contribution in [-0.2, 0) is 16.6 Å². The van der Waals surface area contributed by atoms with Crippen molar-refractivity contribution in [2.45, 2.75) is 32.2 Å². The van der Waals surface area contributed by atoms with Crippen molar-refractivity contribution in [3.05, 3.63) is 64.5 Å². The van der Waals surface area contributed by atoms with Crippen LogP contribution in [0.25, 0.3) is 5.69 Å². The Balaban J connectivity index is 1.88. The van der Waals surface area contributed by atoms with Crippen LogP contribution in [0.1, 0.15) is 22.5 Å². The maximum atomic E-state index is 13.5. The monoisotopic (exact) mass is 393 g/mol. The average molecular weight is 393 g/mol. The van der Waals surface area contributed by atoms with E-state index in [4.69, 9.17) is 0 Å². The van der Waals surface area contributed by atoms with Crippen molar-refractivity contribution >= 4 is 10.0 Å². The fourth-order valence-electron chi connectivity index (χ4n) is 2.96. The third-order valence-electron chi connectivity index (χ3n) is 3.98. The molecule has 142 valence electrons. The molecule has 0 aliphatic carbocycles. The summed E-state index contributed by atoms with van der Waals surface area (Å²) >= 11 is 0. The number of aromatic nitrogens is 4. The Morgan fingerprint density at radius 3 is 2.33 bits per heavy atom. The van der Waals surface area contributed by atoms with Crippen molar-refractivity contribution in [3.8, 4) is 5.69 Å². The standard InChI is InChI=1S/C17H17F2N5O2S/c1-10-6-11(2)17(12(3)7-10)27(25,26)20-9-16-21-22-23-24(16)13-4-5-14(18)15(19)8-13/h4-8,20H,9H2,1-3H3.